The van der Waals surface area contributed by atoms with E-state index < -0.39 is 5.97 Å². The van der Waals surface area contributed by atoms with Gasteiger partial charge in [-0.25, -0.2) is 4.79 Å². The van der Waals surface area contributed by atoms with Gasteiger partial charge in [0.25, 0.3) is 5.91 Å². The number of rotatable bonds is 6. The molecule has 0 radical (unpaired) electrons. The van der Waals surface area contributed by atoms with Gasteiger partial charge in [0.15, 0.2) is 0 Å². The Morgan fingerprint density at radius 3 is 2.28 bits per heavy atom. The monoisotopic (exact) mass is 400 g/mol. The van der Waals surface area contributed by atoms with E-state index in [2.05, 4.69) is 11.4 Å². The third-order valence-electron chi connectivity index (χ3n) is 3.95. The van der Waals surface area contributed by atoms with E-state index in [0.717, 1.165) is 21.4 Å². The molecule has 0 aliphatic heterocycles. The summed E-state index contributed by atoms with van der Waals surface area (Å²) in [4.78, 5) is 24.9. The summed E-state index contributed by atoms with van der Waals surface area (Å²) in [6.07, 6.45) is 2.53. The first kappa shape index (κ1) is 19.9. The summed E-state index contributed by atoms with van der Waals surface area (Å²) < 4.78 is 0. The van der Waals surface area contributed by atoms with Crippen molar-refractivity contribution in [3.05, 3.63) is 95.6 Å². The SMILES string of the molecule is N#Cc1ccccc1Sc1ccccc1C(=O)Nc1ccc(/C=C/C(=O)O)cc1. The van der Waals surface area contributed by atoms with Crippen molar-refractivity contribution in [2.75, 3.05) is 5.32 Å². The predicted octanol–water partition coefficient (Wildman–Crippen LogP) is 5.06. The van der Waals surface area contributed by atoms with Crippen molar-refractivity contribution < 1.29 is 14.7 Å². The second-order valence-corrected chi connectivity index (χ2v) is 7.04. The standard InChI is InChI=1S/C23H16N2O3S/c24-15-17-5-1-3-7-20(17)29-21-8-4-2-6-19(21)23(28)25-18-12-9-16(10-13-18)11-14-22(26)27/h1-14H,(H,25,28)(H,26,27)/b14-11+. The molecule has 0 atom stereocenters. The first-order valence-electron chi connectivity index (χ1n) is 8.65. The second kappa shape index (κ2) is 9.40. The Bertz CT molecular complexity index is 1120. The third kappa shape index (κ3) is 5.34. The molecule has 5 nitrogen and oxygen atoms in total. The average molecular weight is 400 g/mol. The zero-order valence-corrected chi connectivity index (χ0v) is 16.0. The highest BCUT2D eigenvalue weighted by molar-refractivity contribution is 7.99. The molecule has 0 saturated carbocycles. The third-order valence-corrected chi connectivity index (χ3v) is 5.10. The molecule has 0 aliphatic carbocycles. The van der Waals surface area contributed by atoms with Crippen molar-refractivity contribution in [3.63, 3.8) is 0 Å². The quantitative estimate of drug-likeness (QED) is 0.565. The molecule has 0 aliphatic rings. The number of aliphatic carboxylic acids is 1. The highest BCUT2D eigenvalue weighted by Gasteiger charge is 2.13. The molecule has 0 saturated heterocycles. The van der Waals surface area contributed by atoms with Gasteiger partial charge in [0.1, 0.15) is 6.07 Å². The molecule has 3 aromatic rings. The summed E-state index contributed by atoms with van der Waals surface area (Å²) in [5, 5.41) is 20.8. The van der Waals surface area contributed by atoms with Crippen LogP contribution in [-0.4, -0.2) is 17.0 Å². The Morgan fingerprint density at radius 1 is 0.931 bits per heavy atom. The number of carbonyl (C=O) groups is 2. The van der Waals surface area contributed by atoms with Crippen LogP contribution in [0.5, 0.6) is 0 Å². The summed E-state index contributed by atoms with van der Waals surface area (Å²) in [6.45, 7) is 0. The van der Waals surface area contributed by atoms with Crippen molar-refractivity contribution in [1.82, 2.24) is 0 Å². The lowest BCUT2D eigenvalue weighted by molar-refractivity contribution is -0.131. The Hall–Kier alpha value is -3.82. The van der Waals surface area contributed by atoms with Gasteiger partial charge in [-0.15, -0.1) is 0 Å². The summed E-state index contributed by atoms with van der Waals surface area (Å²) in [7, 11) is 0. The fourth-order valence-electron chi connectivity index (χ4n) is 2.55. The molecule has 3 rings (SSSR count). The van der Waals surface area contributed by atoms with Crippen molar-refractivity contribution in [2.24, 2.45) is 0 Å². The highest BCUT2D eigenvalue weighted by atomic mass is 32.2. The molecule has 3 aromatic carbocycles. The zero-order chi connectivity index (χ0) is 20.6. The predicted molar refractivity (Wildman–Crippen MR) is 113 cm³/mol. The van der Waals surface area contributed by atoms with Crippen LogP contribution in [0.25, 0.3) is 6.08 Å². The number of benzene rings is 3. The van der Waals surface area contributed by atoms with Gasteiger partial charge in [-0.05, 0) is 48.0 Å². The smallest absolute Gasteiger partial charge is 0.328 e. The molecule has 0 bridgehead atoms. The fraction of sp³-hybridized carbons (Fsp3) is 0. The van der Waals surface area contributed by atoms with Crippen LogP contribution in [0.15, 0.2) is 88.7 Å². The molecule has 142 valence electrons. The number of carboxylic acids is 1. The molecule has 0 unspecified atom stereocenters. The van der Waals surface area contributed by atoms with Crippen LogP contribution < -0.4 is 5.32 Å². The molecule has 0 heterocycles. The van der Waals surface area contributed by atoms with Crippen LogP contribution in [0, 0.1) is 11.3 Å². The summed E-state index contributed by atoms with van der Waals surface area (Å²) in [6, 6.07) is 23.5. The summed E-state index contributed by atoms with van der Waals surface area (Å²) in [5.41, 5.74) is 2.37. The topological polar surface area (TPSA) is 90.2 Å². The molecule has 1 amide bonds. The van der Waals surface area contributed by atoms with E-state index in [1.807, 2.05) is 24.3 Å². The van der Waals surface area contributed by atoms with Crippen LogP contribution in [0.2, 0.25) is 0 Å². The minimum Gasteiger partial charge on any atom is -0.478 e. The number of nitrogens with one attached hydrogen (secondary N) is 1. The average Bonchev–Trinajstić information content (AvgIpc) is 2.74. The maximum atomic E-state index is 12.8. The zero-order valence-electron chi connectivity index (χ0n) is 15.2. The van der Waals surface area contributed by atoms with Gasteiger partial charge in [-0.2, -0.15) is 5.26 Å². The van der Waals surface area contributed by atoms with Crippen LogP contribution in [-0.2, 0) is 4.79 Å². The van der Waals surface area contributed by atoms with Crippen molar-refractivity contribution >= 4 is 35.4 Å². The van der Waals surface area contributed by atoms with E-state index in [-0.39, 0.29) is 5.91 Å². The molecule has 29 heavy (non-hydrogen) atoms. The fourth-order valence-corrected chi connectivity index (χ4v) is 3.58. The van der Waals surface area contributed by atoms with Gasteiger partial charge in [-0.3, -0.25) is 4.79 Å². The maximum Gasteiger partial charge on any atom is 0.328 e. The molecule has 6 heteroatoms. The molecule has 0 aromatic heterocycles. The number of nitriles is 1. The van der Waals surface area contributed by atoms with E-state index >= 15 is 0 Å². The number of amides is 1. The lowest BCUT2D eigenvalue weighted by Gasteiger charge is -2.11. The Balaban J connectivity index is 1.78. The number of carboxylic acid groups (broad SMARTS) is 1. The molecule has 0 spiro atoms. The van der Waals surface area contributed by atoms with Crippen LogP contribution in [0.1, 0.15) is 21.5 Å². The molecular weight excluding hydrogens is 384 g/mol. The first-order chi connectivity index (χ1) is 14.1. The normalized spacial score (nSPS) is 10.4. The van der Waals surface area contributed by atoms with Crippen molar-refractivity contribution in [3.8, 4) is 6.07 Å². The van der Waals surface area contributed by atoms with Crippen LogP contribution in [0.3, 0.4) is 0 Å². The minimum atomic E-state index is -1.02. The van der Waals surface area contributed by atoms with Crippen LogP contribution >= 0.6 is 11.8 Å². The van der Waals surface area contributed by atoms with Gasteiger partial charge in [0.2, 0.25) is 0 Å². The van der Waals surface area contributed by atoms with Gasteiger partial charge >= 0.3 is 5.97 Å². The van der Waals surface area contributed by atoms with Crippen molar-refractivity contribution in [2.45, 2.75) is 9.79 Å². The Kier molecular flexibility index (Phi) is 6.46. The van der Waals surface area contributed by atoms with E-state index in [9.17, 15) is 14.9 Å². The van der Waals surface area contributed by atoms with E-state index in [0.29, 0.717) is 16.8 Å². The van der Waals surface area contributed by atoms with E-state index in [1.165, 1.54) is 17.8 Å². The van der Waals surface area contributed by atoms with Gasteiger partial charge in [0.05, 0.1) is 11.1 Å². The molecular formula is C23H16N2O3S. The highest BCUT2D eigenvalue weighted by Crippen LogP contribution is 2.32. The Morgan fingerprint density at radius 2 is 1.59 bits per heavy atom. The first-order valence-corrected chi connectivity index (χ1v) is 9.47. The number of nitrogens with zero attached hydrogens (tertiary/aromatic N) is 1. The van der Waals surface area contributed by atoms with Gasteiger partial charge < -0.3 is 10.4 Å². The van der Waals surface area contributed by atoms with Gasteiger partial charge in [0, 0.05) is 21.6 Å². The lowest BCUT2D eigenvalue weighted by Crippen LogP contribution is -2.12. The summed E-state index contributed by atoms with van der Waals surface area (Å²) in [5.74, 6) is -1.29. The van der Waals surface area contributed by atoms with Crippen LogP contribution in [0.4, 0.5) is 5.69 Å². The maximum absolute atomic E-state index is 12.8. The van der Waals surface area contributed by atoms with Crippen molar-refractivity contribution in [1.29, 1.82) is 5.26 Å². The summed E-state index contributed by atoms with van der Waals surface area (Å²) >= 11 is 1.37. The number of anilines is 1. The molecule has 0 fully saturated rings. The van der Waals surface area contributed by atoms with E-state index in [4.69, 9.17) is 5.11 Å². The number of hydrogen-bond donors (Lipinski definition) is 2. The number of carbonyl (C=O) groups excluding carboxylic acids is 1. The Labute approximate surface area is 172 Å². The second-order valence-electron chi connectivity index (χ2n) is 5.95. The molecule has 2 N–H and O–H groups in total. The largest absolute Gasteiger partial charge is 0.478 e. The van der Waals surface area contributed by atoms with E-state index in [1.54, 1.807) is 48.5 Å². The number of hydrogen-bond acceptors (Lipinski definition) is 4. The minimum absolute atomic E-state index is 0.267. The van der Waals surface area contributed by atoms with Gasteiger partial charge in [-0.1, -0.05) is 48.2 Å². The lowest BCUT2D eigenvalue weighted by atomic mass is 10.1.